The van der Waals surface area contributed by atoms with Gasteiger partial charge in [0.05, 0.1) is 30.7 Å². The molecule has 0 fully saturated rings. The number of amides is 2. The second-order valence-electron chi connectivity index (χ2n) is 6.21. The third kappa shape index (κ3) is 4.64. The van der Waals surface area contributed by atoms with Gasteiger partial charge in [-0.05, 0) is 37.3 Å². The van der Waals surface area contributed by atoms with Crippen molar-refractivity contribution in [3.8, 4) is 5.75 Å². The van der Waals surface area contributed by atoms with Crippen LogP contribution in [0.15, 0.2) is 46.2 Å². The topological polar surface area (TPSA) is 102 Å². The molecule has 0 saturated carbocycles. The van der Waals surface area contributed by atoms with Crippen molar-refractivity contribution in [2.45, 2.75) is 32.0 Å². The monoisotopic (exact) mass is 405 g/mol. The SMILES string of the molecule is COc1ccc(Cl)c(C2=NO[C@@H](C(=O)N[C@H](C)C(=O)NCc3ccco3)C2)c1. The lowest BCUT2D eigenvalue weighted by atomic mass is 10.0. The fourth-order valence-electron chi connectivity index (χ4n) is 2.64. The summed E-state index contributed by atoms with van der Waals surface area (Å²) < 4.78 is 10.3. The predicted molar refractivity (Wildman–Crippen MR) is 102 cm³/mol. The van der Waals surface area contributed by atoms with Crippen molar-refractivity contribution in [2.75, 3.05) is 7.11 Å². The number of benzene rings is 1. The highest BCUT2D eigenvalue weighted by Gasteiger charge is 2.31. The zero-order chi connectivity index (χ0) is 20.1. The van der Waals surface area contributed by atoms with Gasteiger partial charge in [0, 0.05) is 12.0 Å². The minimum Gasteiger partial charge on any atom is -0.497 e. The van der Waals surface area contributed by atoms with Crippen LogP contribution in [0.2, 0.25) is 5.02 Å². The van der Waals surface area contributed by atoms with E-state index in [1.807, 2.05) is 0 Å². The molecule has 3 rings (SSSR count). The highest BCUT2D eigenvalue weighted by Crippen LogP contribution is 2.27. The molecule has 1 aromatic heterocycles. The molecule has 2 N–H and O–H groups in total. The molecule has 2 atom stereocenters. The largest absolute Gasteiger partial charge is 0.497 e. The zero-order valence-electron chi connectivity index (χ0n) is 15.4. The van der Waals surface area contributed by atoms with Gasteiger partial charge in [-0.3, -0.25) is 9.59 Å². The number of hydrogen-bond donors (Lipinski definition) is 2. The number of carbonyl (C=O) groups is 2. The van der Waals surface area contributed by atoms with E-state index in [0.29, 0.717) is 27.8 Å². The Bertz CT molecular complexity index is 882. The maximum Gasteiger partial charge on any atom is 0.264 e. The minimum absolute atomic E-state index is 0.236. The van der Waals surface area contributed by atoms with Gasteiger partial charge in [-0.25, -0.2) is 0 Å². The lowest BCUT2D eigenvalue weighted by Crippen LogP contribution is -2.47. The van der Waals surface area contributed by atoms with E-state index in [1.165, 1.54) is 6.26 Å². The zero-order valence-corrected chi connectivity index (χ0v) is 16.2. The van der Waals surface area contributed by atoms with E-state index < -0.39 is 18.1 Å². The van der Waals surface area contributed by atoms with Crippen LogP contribution < -0.4 is 15.4 Å². The van der Waals surface area contributed by atoms with Crippen molar-refractivity contribution >= 4 is 29.1 Å². The third-order valence-corrected chi connectivity index (χ3v) is 4.54. The van der Waals surface area contributed by atoms with Crippen LogP contribution in [0.25, 0.3) is 0 Å². The Morgan fingerprint density at radius 3 is 2.93 bits per heavy atom. The molecule has 1 aromatic carbocycles. The van der Waals surface area contributed by atoms with Gasteiger partial charge in [0.1, 0.15) is 17.6 Å². The second kappa shape index (κ2) is 8.79. The number of rotatable bonds is 7. The minimum atomic E-state index is -0.836. The fraction of sp³-hybridized carbons (Fsp3) is 0.316. The Balaban J connectivity index is 1.53. The molecule has 9 heteroatoms. The van der Waals surface area contributed by atoms with E-state index in [0.717, 1.165) is 0 Å². The van der Waals surface area contributed by atoms with Gasteiger partial charge in [0.2, 0.25) is 12.0 Å². The van der Waals surface area contributed by atoms with Gasteiger partial charge in [-0.1, -0.05) is 16.8 Å². The van der Waals surface area contributed by atoms with Crippen molar-refractivity contribution in [2.24, 2.45) is 5.16 Å². The van der Waals surface area contributed by atoms with Crippen LogP contribution in [0.3, 0.4) is 0 Å². The number of oxime groups is 1. The summed E-state index contributed by atoms with van der Waals surface area (Å²) in [6.45, 7) is 1.83. The van der Waals surface area contributed by atoms with Crippen molar-refractivity contribution in [3.05, 3.63) is 52.9 Å². The first-order chi connectivity index (χ1) is 13.5. The van der Waals surface area contributed by atoms with E-state index >= 15 is 0 Å². The summed E-state index contributed by atoms with van der Waals surface area (Å²) >= 11 is 6.21. The molecule has 28 heavy (non-hydrogen) atoms. The molecule has 0 unspecified atom stereocenters. The van der Waals surface area contributed by atoms with Gasteiger partial charge in [-0.15, -0.1) is 0 Å². The Morgan fingerprint density at radius 1 is 1.39 bits per heavy atom. The maximum atomic E-state index is 12.4. The molecule has 1 aliphatic rings. The van der Waals surface area contributed by atoms with Crippen LogP contribution in [0.5, 0.6) is 5.75 Å². The van der Waals surface area contributed by atoms with Crippen LogP contribution in [0, 0.1) is 0 Å². The predicted octanol–water partition coefficient (Wildman–Crippen LogP) is 2.26. The molecule has 0 saturated heterocycles. The van der Waals surface area contributed by atoms with Gasteiger partial charge in [-0.2, -0.15) is 0 Å². The summed E-state index contributed by atoms with van der Waals surface area (Å²) in [4.78, 5) is 29.8. The molecule has 1 aliphatic heterocycles. The first-order valence-electron chi connectivity index (χ1n) is 8.65. The van der Waals surface area contributed by atoms with Gasteiger partial charge < -0.3 is 24.6 Å². The summed E-state index contributed by atoms with van der Waals surface area (Å²) in [6, 6.07) is 7.90. The molecule has 2 aromatic rings. The molecule has 0 radical (unpaired) electrons. The summed E-state index contributed by atoms with van der Waals surface area (Å²) in [5, 5.41) is 9.76. The number of ether oxygens (including phenoxy) is 1. The lowest BCUT2D eigenvalue weighted by Gasteiger charge is -2.15. The smallest absolute Gasteiger partial charge is 0.264 e. The molecule has 8 nitrogen and oxygen atoms in total. The van der Waals surface area contributed by atoms with Crippen LogP contribution in [0.1, 0.15) is 24.7 Å². The van der Waals surface area contributed by atoms with Crippen LogP contribution in [-0.4, -0.2) is 36.8 Å². The third-order valence-electron chi connectivity index (χ3n) is 4.21. The van der Waals surface area contributed by atoms with Gasteiger partial charge in [0.25, 0.3) is 5.91 Å². The van der Waals surface area contributed by atoms with E-state index in [4.69, 9.17) is 25.6 Å². The highest BCUT2D eigenvalue weighted by atomic mass is 35.5. The first-order valence-corrected chi connectivity index (χ1v) is 9.02. The normalized spacial score (nSPS) is 16.7. The van der Waals surface area contributed by atoms with Gasteiger partial charge in [0.15, 0.2) is 0 Å². The van der Waals surface area contributed by atoms with Gasteiger partial charge >= 0.3 is 0 Å². The first kappa shape index (κ1) is 19.8. The van der Waals surface area contributed by atoms with E-state index in [2.05, 4.69) is 15.8 Å². The van der Waals surface area contributed by atoms with Crippen molar-refractivity contribution in [1.29, 1.82) is 0 Å². The van der Waals surface area contributed by atoms with Crippen LogP contribution in [0.4, 0.5) is 0 Å². The standard InChI is InChI=1S/C19H20ClN3O5/c1-11(18(24)21-10-13-4-3-7-27-13)22-19(25)17-9-16(23-28-17)14-8-12(26-2)5-6-15(14)20/h3-8,11,17H,9-10H2,1-2H3,(H,21,24)(H,22,25)/t11-,17-/m1/s1. The lowest BCUT2D eigenvalue weighted by molar-refractivity contribution is -0.135. The number of nitrogens with zero attached hydrogens (tertiary/aromatic N) is 1. The molecule has 0 aliphatic carbocycles. The van der Waals surface area contributed by atoms with E-state index in [9.17, 15) is 9.59 Å². The Kier molecular flexibility index (Phi) is 6.20. The number of nitrogens with one attached hydrogen (secondary N) is 2. The number of furan rings is 1. The summed E-state index contributed by atoms with van der Waals surface area (Å²) in [5.41, 5.74) is 1.18. The Labute approximate surface area is 166 Å². The number of halogens is 1. The molecule has 0 spiro atoms. The molecule has 2 heterocycles. The summed E-state index contributed by atoms with van der Waals surface area (Å²) in [5.74, 6) is 0.481. The van der Waals surface area contributed by atoms with Crippen molar-refractivity contribution < 1.29 is 23.6 Å². The van der Waals surface area contributed by atoms with Crippen molar-refractivity contribution in [3.63, 3.8) is 0 Å². The number of carbonyl (C=O) groups excluding carboxylic acids is 2. The van der Waals surface area contributed by atoms with E-state index in [1.54, 1.807) is 44.4 Å². The van der Waals surface area contributed by atoms with E-state index in [-0.39, 0.29) is 18.9 Å². The molecule has 148 valence electrons. The van der Waals surface area contributed by atoms with Crippen molar-refractivity contribution in [1.82, 2.24) is 10.6 Å². The Morgan fingerprint density at radius 2 is 2.21 bits per heavy atom. The molecule has 0 bridgehead atoms. The average molecular weight is 406 g/mol. The highest BCUT2D eigenvalue weighted by molar-refractivity contribution is 6.34. The quantitative estimate of drug-likeness (QED) is 0.735. The number of methoxy groups -OCH3 is 1. The summed E-state index contributed by atoms with van der Waals surface area (Å²) in [6.07, 6.45) is 0.924. The number of hydrogen-bond acceptors (Lipinski definition) is 6. The summed E-state index contributed by atoms with van der Waals surface area (Å²) in [7, 11) is 1.55. The maximum absolute atomic E-state index is 12.4. The second-order valence-corrected chi connectivity index (χ2v) is 6.62. The van der Waals surface area contributed by atoms with Crippen LogP contribution in [-0.2, 0) is 21.0 Å². The fourth-order valence-corrected chi connectivity index (χ4v) is 2.87. The molecule has 2 amide bonds. The molecular formula is C19H20ClN3O5. The average Bonchev–Trinajstić information content (AvgIpc) is 3.38. The van der Waals surface area contributed by atoms with Crippen LogP contribution >= 0.6 is 11.6 Å². The molecular weight excluding hydrogens is 386 g/mol. The Hall–Kier alpha value is -3.00.